The minimum atomic E-state index is -0.209. The summed E-state index contributed by atoms with van der Waals surface area (Å²) in [6.45, 7) is 3.14. The first-order chi connectivity index (χ1) is 19.9. The van der Waals surface area contributed by atoms with Crippen molar-refractivity contribution in [1.29, 1.82) is 0 Å². The fourth-order valence-electron chi connectivity index (χ4n) is 5.73. The fraction of sp³-hybridized carbons (Fsp3) is 0.433. The Balaban J connectivity index is 1.36. The van der Waals surface area contributed by atoms with Crippen LogP contribution in [0.25, 0.3) is 0 Å². The Morgan fingerprint density at radius 1 is 0.829 bits per heavy atom. The molecule has 3 amide bonds. The Morgan fingerprint density at radius 3 is 2.10 bits per heavy atom. The molecule has 2 aliphatic heterocycles. The first kappa shape index (κ1) is 28.1. The van der Waals surface area contributed by atoms with Crippen molar-refractivity contribution in [3.63, 3.8) is 0 Å². The first-order valence-corrected chi connectivity index (χ1v) is 14.0. The van der Waals surface area contributed by atoms with E-state index in [1.54, 1.807) is 29.4 Å². The maximum Gasteiger partial charge on any atom is 0.274 e. The van der Waals surface area contributed by atoms with Crippen LogP contribution in [0.15, 0.2) is 61.4 Å². The summed E-state index contributed by atoms with van der Waals surface area (Å²) < 4.78 is 5.94. The average Bonchev–Trinajstić information content (AvgIpc) is 3.02. The molecule has 0 atom stereocenters. The van der Waals surface area contributed by atoms with Gasteiger partial charge in [0.05, 0.1) is 19.0 Å². The number of carbonyl (C=O) groups excluding carboxylic acids is 3. The van der Waals surface area contributed by atoms with Crippen LogP contribution in [0.4, 0.5) is 0 Å². The van der Waals surface area contributed by atoms with Crippen molar-refractivity contribution in [2.24, 2.45) is 5.41 Å². The monoisotopic (exact) mass is 557 g/mol. The molecule has 2 bridgehead atoms. The fourth-order valence-corrected chi connectivity index (χ4v) is 5.73. The molecule has 41 heavy (non-hydrogen) atoms. The van der Waals surface area contributed by atoms with Crippen LogP contribution in [0.2, 0.25) is 0 Å². The van der Waals surface area contributed by atoms with Crippen molar-refractivity contribution in [2.45, 2.75) is 32.1 Å². The van der Waals surface area contributed by atoms with Crippen LogP contribution in [0.5, 0.6) is 5.75 Å². The van der Waals surface area contributed by atoms with Crippen LogP contribution in [-0.4, -0.2) is 98.7 Å². The third-order valence-electron chi connectivity index (χ3n) is 7.94. The minimum absolute atomic E-state index is 0.0674. The molecular weight excluding hydrogens is 522 g/mol. The van der Waals surface area contributed by atoms with E-state index in [1.165, 1.54) is 24.8 Å². The Morgan fingerprint density at radius 2 is 1.46 bits per heavy atom. The van der Waals surface area contributed by atoms with Gasteiger partial charge < -0.3 is 19.4 Å². The second-order valence-corrected chi connectivity index (χ2v) is 10.8. The van der Waals surface area contributed by atoms with Crippen LogP contribution in [0, 0.1) is 5.41 Å². The maximum atomic E-state index is 13.5. The summed E-state index contributed by atoms with van der Waals surface area (Å²) in [6, 6.07) is 7.24. The molecule has 214 valence electrons. The molecule has 1 spiro atoms. The van der Waals surface area contributed by atoms with Crippen molar-refractivity contribution in [2.75, 3.05) is 46.4 Å². The number of piperidine rings is 1. The van der Waals surface area contributed by atoms with Gasteiger partial charge >= 0.3 is 0 Å². The third kappa shape index (κ3) is 6.85. The lowest BCUT2D eigenvalue weighted by Crippen LogP contribution is -2.48. The van der Waals surface area contributed by atoms with Crippen molar-refractivity contribution < 1.29 is 19.1 Å². The van der Waals surface area contributed by atoms with E-state index in [-0.39, 0.29) is 23.1 Å². The van der Waals surface area contributed by atoms with E-state index in [0.29, 0.717) is 68.5 Å². The Labute approximate surface area is 239 Å². The molecule has 0 N–H and O–H groups in total. The largest absolute Gasteiger partial charge is 0.494 e. The number of ether oxygens (including phenoxy) is 1. The van der Waals surface area contributed by atoms with Gasteiger partial charge in [0.1, 0.15) is 17.1 Å². The second-order valence-electron chi connectivity index (χ2n) is 10.8. The molecule has 0 saturated carbocycles. The van der Waals surface area contributed by atoms with E-state index in [4.69, 9.17) is 4.74 Å². The number of rotatable bonds is 2. The van der Waals surface area contributed by atoms with Crippen molar-refractivity contribution >= 4 is 17.7 Å². The summed E-state index contributed by atoms with van der Waals surface area (Å²) >= 11 is 0. The van der Waals surface area contributed by atoms with Crippen LogP contribution in [0.1, 0.15) is 63.4 Å². The zero-order chi connectivity index (χ0) is 28.7. The standard InChI is InChI=1S/C30H35N7O4/c1-35-22-30(8-16-37(17-9-30)29(40)26-21-32-11-13-34-26)7-3-14-36(28(39)25-20-31-10-12-33-25)15-4-18-41-24-6-2-5-23(19-24)27(35)38/h2,5-6,10-13,19-21H,3-4,7-9,14-18,22H2,1H3. The number of carbonyl (C=O) groups is 3. The SMILES string of the molecule is CN1CC2(CCCN(C(=O)c3cnccn3)CCCOc3cccc(c3)C1=O)CCN(C(=O)c1cnccn1)CC2. The summed E-state index contributed by atoms with van der Waals surface area (Å²) in [6.07, 6.45) is 12.8. The van der Waals surface area contributed by atoms with E-state index in [9.17, 15) is 14.4 Å². The molecule has 11 heteroatoms. The highest BCUT2D eigenvalue weighted by Gasteiger charge is 2.38. The van der Waals surface area contributed by atoms with Crippen LogP contribution >= 0.6 is 0 Å². The Bertz CT molecular complexity index is 1350. The molecule has 1 fully saturated rings. The average molecular weight is 558 g/mol. The second kappa shape index (κ2) is 12.8. The summed E-state index contributed by atoms with van der Waals surface area (Å²) in [4.78, 5) is 61.7. The highest BCUT2D eigenvalue weighted by Crippen LogP contribution is 2.38. The van der Waals surface area contributed by atoms with E-state index < -0.39 is 0 Å². The summed E-state index contributed by atoms with van der Waals surface area (Å²) in [5.41, 5.74) is 1.01. The third-order valence-corrected chi connectivity index (χ3v) is 7.94. The highest BCUT2D eigenvalue weighted by molar-refractivity contribution is 5.94. The van der Waals surface area contributed by atoms with Crippen LogP contribution in [0.3, 0.4) is 0 Å². The van der Waals surface area contributed by atoms with Crippen molar-refractivity contribution in [3.8, 4) is 5.75 Å². The van der Waals surface area contributed by atoms with Crippen molar-refractivity contribution in [1.82, 2.24) is 34.6 Å². The van der Waals surface area contributed by atoms with E-state index in [0.717, 1.165) is 25.7 Å². The number of aromatic nitrogens is 4. The normalized spacial score (nSPS) is 18.3. The maximum absolute atomic E-state index is 13.5. The summed E-state index contributed by atoms with van der Waals surface area (Å²) in [7, 11) is 1.83. The molecule has 2 aliphatic rings. The van der Waals surface area contributed by atoms with E-state index in [2.05, 4.69) is 19.9 Å². The zero-order valence-electron chi connectivity index (χ0n) is 23.3. The molecule has 0 aliphatic carbocycles. The summed E-state index contributed by atoms with van der Waals surface area (Å²) in [5, 5.41) is 0. The van der Waals surface area contributed by atoms with Gasteiger partial charge in [-0.15, -0.1) is 0 Å². The molecule has 0 unspecified atom stereocenters. The van der Waals surface area contributed by atoms with Gasteiger partial charge in [-0.25, -0.2) is 9.97 Å². The predicted octanol–water partition coefficient (Wildman–Crippen LogP) is 2.97. The topological polar surface area (TPSA) is 122 Å². The number of likely N-dealkylation sites (tertiary alicyclic amines) is 1. The molecule has 5 rings (SSSR count). The molecule has 2 aromatic heterocycles. The zero-order valence-corrected chi connectivity index (χ0v) is 23.3. The lowest BCUT2D eigenvalue weighted by Gasteiger charge is -2.44. The molecule has 3 aromatic rings. The molecule has 1 aromatic carbocycles. The number of nitrogens with zero attached hydrogens (tertiary/aromatic N) is 7. The van der Waals surface area contributed by atoms with Gasteiger partial charge in [-0.3, -0.25) is 24.4 Å². The lowest BCUT2D eigenvalue weighted by atomic mass is 9.74. The number of benzene rings is 1. The van der Waals surface area contributed by atoms with Gasteiger partial charge in [0.25, 0.3) is 17.7 Å². The smallest absolute Gasteiger partial charge is 0.274 e. The van der Waals surface area contributed by atoms with E-state index in [1.807, 2.05) is 29.0 Å². The van der Waals surface area contributed by atoms with Crippen LogP contribution < -0.4 is 4.74 Å². The van der Waals surface area contributed by atoms with Crippen LogP contribution in [-0.2, 0) is 0 Å². The summed E-state index contributed by atoms with van der Waals surface area (Å²) in [5.74, 6) is 0.265. The van der Waals surface area contributed by atoms with Gasteiger partial charge in [-0.2, -0.15) is 0 Å². The number of hydrogen-bond donors (Lipinski definition) is 0. The van der Waals surface area contributed by atoms with Gasteiger partial charge in [-0.1, -0.05) is 6.07 Å². The van der Waals surface area contributed by atoms with Gasteiger partial charge in [-0.05, 0) is 55.7 Å². The quantitative estimate of drug-likeness (QED) is 0.472. The minimum Gasteiger partial charge on any atom is -0.494 e. The lowest BCUT2D eigenvalue weighted by molar-refractivity contribution is 0.0381. The van der Waals surface area contributed by atoms with Gasteiger partial charge in [0.15, 0.2) is 0 Å². The number of fused-ring (bicyclic) bond motifs is 2. The van der Waals surface area contributed by atoms with Gasteiger partial charge in [0.2, 0.25) is 0 Å². The first-order valence-electron chi connectivity index (χ1n) is 14.0. The number of amides is 3. The molecule has 1 saturated heterocycles. The predicted molar refractivity (Wildman–Crippen MR) is 150 cm³/mol. The molecule has 4 heterocycles. The molecule has 11 nitrogen and oxygen atoms in total. The van der Waals surface area contributed by atoms with E-state index >= 15 is 0 Å². The molecular formula is C30H35N7O4. The van der Waals surface area contributed by atoms with Gasteiger partial charge in [0, 0.05) is 70.1 Å². The van der Waals surface area contributed by atoms with Crippen molar-refractivity contribution in [3.05, 3.63) is 78.4 Å². The Kier molecular flexibility index (Phi) is 8.81. The molecule has 0 radical (unpaired) electrons. The highest BCUT2D eigenvalue weighted by atomic mass is 16.5. The number of hydrogen-bond acceptors (Lipinski definition) is 8. The Hall–Kier alpha value is -4.41.